The first-order valence-corrected chi connectivity index (χ1v) is 6.88. The molecule has 0 aliphatic rings. The van der Waals surface area contributed by atoms with Crippen molar-refractivity contribution in [2.45, 2.75) is 13.5 Å². The topological polar surface area (TPSA) is 94.5 Å². The predicted molar refractivity (Wildman–Crippen MR) is 82.2 cm³/mol. The lowest BCUT2D eigenvalue weighted by molar-refractivity contribution is 0.809. The van der Waals surface area contributed by atoms with E-state index in [0.717, 1.165) is 12.1 Å². The highest BCUT2D eigenvalue weighted by atomic mass is 35.5. The second-order valence-electron chi connectivity index (χ2n) is 4.50. The number of nitrogen functional groups attached to an aromatic ring is 1. The fraction of sp³-hybridized carbons (Fsp3) is 0.231. The highest BCUT2D eigenvalue weighted by Gasteiger charge is 2.11. The van der Waals surface area contributed by atoms with Crippen molar-refractivity contribution in [1.82, 2.24) is 24.5 Å². The molecule has 3 heterocycles. The van der Waals surface area contributed by atoms with Crippen LogP contribution < -0.4 is 11.1 Å². The van der Waals surface area contributed by atoms with E-state index in [-0.39, 0.29) is 0 Å². The Morgan fingerprint density at radius 1 is 1.29 bits per heavy atom. The van der Waals surface area contributed by atoms with Crippen LogP contribution in [0.4, 0.5) is 11.8 Å². The van der Waals surface area contributed by atoms with Gasteiger partial charge >= 0.3 is 0 Å². The van der Waals surface area contributed by atoms with Crippen molar-refractivity contribution in [3.05, 3.63) is 35.4 Å². The van der Waals surface area contributed by atoms with Crippen LogP contribution in [0.5, 0.6) is 0 Å². The Morgan fingerprint density at radius 3 is 2.86 bits per heavy atom. The number of nitrogens with one attached hydrogen (secondary N) is 1. The number of hydrogen-bond acceptors (Lipinski definition) is 6. The van der Waals surface area contributed by atoms with Crippen LogP contribution >= 0.6 is 11.6 Å². The zero-order chi connectivity index (χ0) is 14.8. The number of aromatic nitrogens is 5. The first-order valence-electron chi connectivity index (χ1n) is 6.50. The van der Waals surface area contributed by atoms with Crippen molar-refractivity contribution in [2.24, 2.45) is 0 Å². The smallest absolute Gasteiger partial charge is 0.226 e. The lowest BCUT2D eigenvalue weighted by Crippen LogP contribution is -2.07. The Kier molecular flexibility index (Phi) is 3.57. The maximum absolute atomic E-state index is 5.92. The van der Waals surface area contributed by atoms with Crippen molar-refractivity contribution in [3.63, 3.8) is 0 Å². The second kappa shape index (κ2) is 5.53. The van der Waals surface area contributed by atoms with Gasteiger partial charge in [-0.3, -0.25) is 0 Å². The van der Waals surface area contributed by atoms with Gasteiger partial charge in [0, 0.05) is 12.7 Å². The summed E-state index contributed by atoms with van der Waals surface area (Å²) in [7, 11) is 0. The monoisotopic (exact) mass is 303 g/mol. The molecule has 0 atom stereocenters. The number of imidazole rings is 1. The summed E-state index contributed by atoms with van der Waals surface area (Å²) >= 11 is 5.79. The van der Waals surface area contributed by atoms with E-state index in [1.54, 1.807) is 18.6 Å². The van der Waals surface area contributed by atoms with E-state index in [1.807, 2.05) is 17.6 Å². The minimum atomic E-state index is 0.365. The van der Waals surface area contributed by atoms with Crippen LogP contribution in [0.15, 0.2) is 24.7 Å². The van der Waals surface area contributed by atoms with Gasteiger partial charge in [-0.05, 0) is 18.6 Å². The van der Waals surface area contributed by atoms with Gasteiger partial charge in [0.2, 0.25) is 5.95 Å². The number of fused-ring (bicyclic) bond motifs is 1. The Hall–Kier alpha value is -2.41. The maximum atomic E-state index is 5.92. The third kappa shape index (κ3) is 2.73. The molecule has 0 aliphatic carbocycles. The molecular weight excluding hydrogens is 290 g/mol. The van der Waals surface area contributed by atoms with E-state index >= 15 is 0 Å². The number of halogens is 1. The average Bonchev–Trinajstić information content (AvgIpc) is 2.86. The highest BCUT2D eigenvalue weighted by molar-refractivity contribution is 6.29. The number of nitrogens with zero attached hydrogens (tertiary/aromatic N) is 5. The summed E-state index contributed by atoms with van der Waals surface area (Å²) in [4.78, 5) is 17.0. The molecular formula is C13H14ClN7. The molecule has 0 amide bonds. The quantitative estimate of drug-likeness (QED) is 0.715. The normalized spacial score (nSPS) is 11.0. The molecule has 21 heavy (non-hydrogen) atoms. The summed E-state index contributed by atoms with van der Waals surface area (Å²) < 4.78 is 1.90. The zero-order valence-corrected chi connectivity index (χ0v) is 12.2. The van der Waals surface area contributed by atoms with Gasteiger partial charge in [-0.2, -0.15) is 9.97 Å². The third-order valence-electron chi connectivity index (χ3n) is 2.97. The van der Waals surface area contributed by atoms with Crippen LogP contribution in [0.2, 0.25) is 5.15 Å². The second-order valence-corrected chi connectivity index (χ2v) is 4.88. The predicted octanol–water partition coefficient (Wildman–Crippen LogP) is 1.94. The molecule has 0 saturated heterocycles. The van der Waals surface area contributed by atoms with Crippen LogP contribution in [0.25, 0.3) is 11.2 Å². The summed E-state index contributed by atoms with van der Waals surface area (Å²) in [5.74, 6) is 0.863. The lowest BCUT2D eigenvalue weighted by atomic mass is 10.3. The zero-order valence-electron chi connectivity index (χ0n) is 11.4. The van der Waals surface area contributed by atoms with Crippen LogP contribution in [-0.2, 0) is 6.54 Å². The number of rotatable bonds is 4. The molecule has 3 aromatic heterocycles. The van der Waals surface area contributed by atoms with E-state index in [2.05, 4.69) is 25.3 Å². The molecule has 0 unspecified atom stereocenters. The van der Waals surface area contributed by atoms with Gasteiger partial charge in [0.15, 0.2) is 11.5 Å². The fourth-order valence-corrected chi connectivity index (χ4v) is 2.13. The van der Waals surface area contributed by atoms with Gasteiger partial charge in [-0.25, -0.2) is 9.97 Å². The Labute approximate surface area is 126 Å². The standard InChI is InChI=1S/C13H14ClN7/c1-2-16-13-19-11(15)10-12(20-13)21(7-18-10)6-8-3-4-9(14)17-5-8/h3-5,7H,2,6H2,1H3,(H3,15,16,19,20). The molecule has 0 aromatic carbocycles. The number of nitrogens with two attached hydrogens (primary N) is 1. The van der Waals surface area contributed by atoms with E-state index in [0.29, 0.717) is 34.6 Å². The van der Waals surface area contributed by atoms with Gasteiger partial charge in [0.1, 0.15) is 10.7 Å². The van der Waals surface area contributed by atoms with E-state index in [9.17, 15) is 0 Å². The molecule has 8 heteroatoms. The van der Waals surface area contributed by atoms with Crippen molar-refractivity contribution < 1.29 is 0 Å². The Morgan fingerprint density at radius 2 is 2.14 bits per heavy atom. The number of hydrogen-bond donors (Lipinski definition) is 2. The first-order chi connectivity index (χ1) is 10.2. The molecule has 3 rings (SSSR count). The van der Waals surface area contributed by atoms with Crippen molar-refractivity contribution in [3.8, 4) is 0 Å². The van der Waals surface area contributed by atoms with Gasteiger partial charge in [0.25, 0.3) is 0 Å². The summed E-state index contributed by atoms with van der Waals surface area (Å²) in [6.45, 7) is 3.28. The molecule has 108 valence electrons. The minimum Gasteiger partial charge on any atom is -0.382 e. The largest absolute Gasteiger partial charge is 0.382 e. The number of anilines is 2. The molecule has 0 radical (unpaired) electrons. The molecule has 0 spiro atoms. The van der Waals surface area contributed by atoms with E-state index in [1.165, 1.54) is 0 Å². The molecule has 0 bridgehead atoms. The summed E-state index contributed by atoms with van der Waals surface area (Å²) in [6.07, 6.45) is 3.42. The Balaban J connectivity index is 2.00. The summed E-state index contributed by atoms with van der Waals surface area (Å²) in [6, 6.07) is 3.67. The summed E-state index contributed by atoms with van der Waals surface area (Å²) in [5, 5.41) is 3.52. The molecule has 0 aliphatic heterocycles. The van der Waals surface area contributed by atoms with Crippen LogP contribution in [-0.4, -0.2) is 31.0 Å². The highest BCUT2D eigenvalue weighted by Crippen LogP contribution is 2.19. The molecule has 7 nitrogen and oxygen atoms in total. The molecule has 0 fully saturated rings. The van der Waals surface area contributed by atoms with Crippen LogP contribution in [0.3, 0.4) is 0 Å². The SMILES string of the molecule is CCNc1nc(N)c2ncn(Cc3ccc(Cl)nc3)c2n1. The molecule has 3 N–H and O–H groups in total. The van der Waals surface area contributed by atoms with Gasteiger partial charge in [-0.15, -0.1) is 0 Å². The first kappa shape index (κ1) is 13.6. The van der Waals surface area contributed by atoms with Gasteiger partial charge in [-0.1, -0.05) is 17.7 Å². The molecule has 0 saturated carbocycles. The van der Waals surface area contributed by atoms with Gasteiger partial charge in [0.05, 0.1) is 12.9 Å². The summed E-state index contributed by atoms with van der Waals surface area (Å²) in [5.41, 5.74) is 8.20. The maximum Gasteiger partial charge on any atom is 0.226 e. The Bertz CT molecular complexity index is 766. The van der Waals surface area contributed by atoms with Crippen LogP contribution in [0, 0.1) is 0 Å². The lowest BCUT2D eigenvalue weighted by Gasteiger charge is -2.06. The fourth-order valence-electron chi connectivity index (χ4n) is 2.02. The minimum absolute atomic E-state index is 0.365. The van der Waals surface area contributed by atoms with Crippen molar-refractivity contribution in [1.29, 1.82) is 0 Å². The van der Waals surface area contributed by atoms with Crippen molar-refractivity contribution >= 4 is 34.5 Å². The molecule has 3 aromatic rings. The van der Waals surface area contributed by atoms with E-state index in [4.69, 9.17) is 17.3 Å². The van der Waals surface area contributed by atoms with Gasteiger partial charge < -0.3 is 15.6 Å². The number of pyridine rings is 1. The van der Waals surface area contributed by atoms with Crippen LogP contribution in [0.1, 0.15) is 12.5 Å². The van der Waals surface area contributed by atoms with E-state index < -0.39 is 0 Å². The van der Waals surface area contributed by atoms with Crippen molar-refractivity contribution in [2.75, 3.05) is 17.6 Å². The average molecular weight is 304 g/mol. The third-order valence-corrected chi connectivity index (χ3v) is 3.19.